The van der Waals surface area contributed by atoms with Crippen molar-refractivity contribution in [2.75, 3.05) is 24.5 Å². The molecule has 0 saturated carbocycles. The molecule has 2 rings (SSSR count). The summed E-state index contributed by atoms with van der Waals surface area (Å²) >= 11 is 0. The Morgan fingerprint density at radius 2 is 2.00 bits per heavy atom. The fourth-order valence-corrected chi connectivity index (χ4v) is 2.52. The summed E-state index contributed by atoms with van der Waals surface area (Å²) < 4.78 is 0. The van der Waals surface area contributed by atoms with Crippen LogP contribution in [0.1, 0.15) is 17.5 Å². The number of hydrogen-bond acceptors (Lipinski definition) is 3. The summed E-state index contributed by atoms with van der Waals surface area (Å²) in [4.78, 5) is 13.8. The smallest absolute Gasteiger partial charge is 0.239 e. The van der Waals surface area contributed by atoms with Crippen molar-refractivity contribution in [3.05, 3.63) is 29.3 Å². The SMILES string of the molecule is Cc1cc(C)cc(N2CC(=O)NC(CCN)C2)c1. The van der Waals surface area contributed by atoms with Gasteiger partial charge in [-0.3, -0.25) is 4.79 Å². The molecule has 1 atom stereocenters. The van der Waals surface area contributed by atoms with Crippen LogP contribution in [0.2, 0.25) is 0 Å². The Hall–Kier alpha value is -1.55. The normalized spacial score (nSPS) is 19.8. The molecule has 3 N–H and O–H groups in total. The van der Waals surface area contributed by atoms with Crippen molar-refractivity contribution < 1.29 is 4.79 Å². The third-order valence-electron chi connectivity index (χ3n) is 3.23. The second-order valence-electron chi connectivity index (χ2n) is 5.07. The molecule has 4 nitrogen and oxygen atoms in total. The number of rotatable bonds is 3. The minimum atomic E-state index is 0.0823. The summed E-state index contributed by atoms with van der Waals surface area (Å²) in [7, 11) is 0. The largest absolute Gasteiger partial charge is 0.360 e. The molecule has 1 heterocycles. The third-order valence-corrected chi connectivity index (χ3v) is 3.23. The van der Waals surface area contributed by atoms with E-state index >= 15 is 0 Å². The van der Waals surface area contributed by atoms with Crippen molar-refractivity contribution in [3.63, 3.8) is 0 Å². The molecule has 4 heteroatoms. The molecule has 0 aliphatic carbocycles. The van der Waals surface area contributed by atoms with Crippen LogP contribution < -0.4 is 16.0 Å². The van der Waals surface area contributed by atoms with Gasteiger partial charge in [-0.25, -0.2) is 0 Å². The number of piperazine rings is 1. The number of nitrogens with two attached hydrogens (primary N) is 1. The summed E-state index contributed by atoms with van der Waals surface area (Å²) in [5.74, 6) is 0.0823. The van der Waals surface area contributed by atoms with Crippen LogP contribution in [0.5, 0.6) is 0 Å². The quantitative estimate of drug-likeness (QED) is 0.836. The molecule has 1 fully saturated rings. The van der Waals surface area contributed by atoms with E-state index in [-0.39, 0.29) is 11.9 Å². The molecule has 0 spiro atoms. The van der Waals surface area contributed by atoms with Crippen LogP contribution in [0.4, 0.5) is 5.69 Å². The van der Waals surface area contributed by atoms with Gasteiger partial charge < -0.3 is 16.0 Å². The summed E-state index contributed by atoms with van der Waals surface area (Å²) in [6.45, 7) is 6.04. The van der Waals surface area contributed by atoms with Crippen LogP contribution in [0.3, 0.4) is 0 Å². The lowest BCUT2D eigenvalue weighted by Crippen LogP contribution is -2.54. The van der Waals surface area contributed by atoms with Crippen LogP contribution in [-0.4, -0.2) is 31.6 Å². The van der Waals surface area contributed by atoms with Crippen LogP contribution in [0.15, 0.2) is 18.2 Å². The van der Waals surface area contributed by atoms with E-state index in [1.54, 1.807) is 0 Å². The first-order valence-corrected chi connectivity index (χ1v) is 6.41. The van der Waals surface area contributed by atoms with E-state index in [9.17, 15) is 4.79 Å². The minimum Gasteiger partial charge on any atom is -0.360 e. The van der Waals surface area contributed by atoms with E-state index in [2.05, 4.69) is 42.3 Å². The Kier molecular flexibility index (Phi) is 3.87. The number of hydrogen-bond donors (Lipinski definition) is 2. The average Bonchev–Trinajstić information content (AvgIpc) is 2.27. The highest BCUT2D eigenvalue weighted by atomic mass is 16.2. The number of carbonyl (C=O) groups excluding carboxylic acids is 1. The van der Waals surface area contributed by atoms with Gasteiger partial charge in [0.25, 0.3) is 0 Å². The van der Waals surface area contributed by atoms with Gasteiger partial charge in [-0.1, -0.05) is 6.07 Å². The van der Waals surface area contributed by atoms with Gasteiger partial charge >= 0.3 is 0 Å². The summed E-state index contributed by atoms with van der Waals surface area (Å²) in [5, 5.41) is 2.99. The van der Waals surface area contributed by atoms with Gasteiger partial charge in [0, 0.05) is 18.3 Å². The number of amides is 1. The molecular weight excluding hydrogens is 226 g/mol. The van der Waals surface area contributed by atoms with Gasteiger partial charge in [0.2, 0.25) is 5.91 Å². The molecule has 18 heavy (non-hydrogen) atoms. The molecule has 1 amide bonds. The van der Waals surface area contributed by atoms with Gasteiger partial charge in [0.15, 0.2) is 0 Å². The fraction of sp³-hybridized carbons (Fsp3) is 0.500. The number of carbonyl (C=O) groups is 1. The van der Waals surface area contributed by atoms with Gasteiger partial charge in [-0.2, -0.15) is 0 Å². The standard InChI is InChI=1S/C14H21N3O/c1-10-5-11(2)7-13(6-10)17-8-12(3-4-15)16-14(18)9-17/h5-7,12H,3-4,8-9,15H2,1-2H3,(H,16,18). The summed E-state index contributed by atoms with van der Waals surface area (Å²) in [5.41, 5.74) is 9.15. The zero-order valence-corrected chi connectivity index (χ0v) is 11.1. The Bertz CT molecular complexity index is 424. The molecular formula is C14H21N3O. The molecule has 0 bridgehead atoms. The van der Waals surface area contributed by atoms with E-state index < -0.39 is 0 Å². The number of anilines is 1. The van der Waals surface area contributed by atoms with Gasteiger partial charge in [0.05, 0.1) is 6.54 Å². The van der Waals surface area contributed by atoms with Crippen molar-refractivity contribution in [1.82, 2.24) is 5.32 Å². The lowest BCUT2D eigenvalue weighted by Gasteiger charge is -2.34. The van der Waals surface area contributed by atoms with E-state index in [0.29, 0.717) is 13.1 Å². The van der Waals surface area contributed by atoms with E-state index in [1.807, 2.05) is 0 Å². The van der Waals surface area contributed by atoms with Crippen LogP contribution in [0, 0.1) is 13.8 Å². The molecule has 1 aliphatic rings. The van der Waals surface area contributed by atoms with Crippen molar-refractivity contribution in [2.45, 2.75) is 26.3 Å². The maximum atomic E-state index is 11.7. The Morgan fingerprint density at radius 1 is 1.33 bits per heavy atom. The van der Waals surface area contributed by atoms with Gasteiger partial charge in [-0.05, 0) is 50.1 Å². The molecule has 1 aromatic rings. The summed E-state index contributed by atoms with van der Waals surface area (Å²) in [6, 6.07) is 6.57. The zero-order chi connectivity index (χ0) is 13.1. The highest BCUT2D eigenvalue weighted by Gasteiger charge is 2.24. The van der Waals surface area contributed by atoms with Crippen molar-refractivity contribution in [3.8, 4) is 0 Å². The Balaban J connectivity index is 2.18. The first kappa shape index (κ1) is 12.9. The van der Waals surface area contributed by atoms with E-state index in [4.69, 9.17) is 5.73 Å². The third kappa shape index (κ3) is 3.01. The van der Waals surface area contributed by atoms with Gasteiger partial charge in [-0.15, -0.1) is 0 Å². The highest BCUT2D eigenvalue weighted by molar-refractivity contribution is 5.83. The second-order valence-corrected chi connectivity index (χ2v) is 5.07. The zero-order valence-electron chi connectivity index (χ0n) is 11.1. The Morgan fingerprint density at radius 3 is 2.61 bits per heavy atom. The first-order chi connectivity index (χ1) is 8.58. The second kappa shape index (κ2) is 5.40. The van der Waals surface area contributed by atoms with Crippen LogP contribution in [0.25, 0.3) is 0 Å². The maximum Gasteiger partial charge on any atom is 0.239 e. The van der Waals surface area contributed by atoms with Crippen LogP contribution >= 0.6 is 0 Å². The molecule has 1 aliphatic heterocycles. The van der Waals surface area contributed by atoms with Crippen LogP contribution in [-0.2, 0) is 4.79 Å². The van der Waals surface area contributed by atoms with Crippen molar-refractivity contribution in [2.24, 2.45) is 5.73 Å². The molecule has 1 aromatic carbocycles. The monoisotopic (exact) mass is 247 g/mol. The fourth-order valence-electron chi connectivity index (χ4n) is 2.52. The number of nitrogens with one attached hydrogen (secondary N) is 1. The van der Waals surface area contributed by atoms with Gasteiger partial charge in [0.1, 0.15) is 0 Å². The molecule has 0 radical (unpaired) electrons. The molecule has 1 saturated heterocycles. The Labute approximate surface area is 108 Å². The number of aryl methyl sites for hydroxylation is 2. The number of benzene rings is 1. The highest BCUT2D eigenvalue weighted by Crippen LogP contribution is 2.20. The lowest BCUT2D eigenvalue weighted by molar-refractivity contribution is -0.121. The predicted molar refractivity (Wildman–Crippen MR) is 73.7 cm³/mol. The lowest BCUT2D eigenvalue weighted by atomic mass is 10.1. The summed E-state index contributed by atoms with van der Waals surface area (Å²) in [6.07, 6.45) is 0.826. The average molecular weight is 247 g/mol. The number of nitrogens with zero attached hydrogens (tertiary/aromatic N) is 1. The molecule has 98 valence electrons. The predicted octanol–water partition coefficient (Wildman–Crippen LogP) is 0.957. The van der Waals surface area contributed by atoms with Crippen molar-refractivity contribution >= 4 is 11.6 Å². The molecule has 0 aromatic heterocycles. The maximum absolute atomic E-state index is 11.7. The van der Waals surface area contributed by atoms with E-state index in [1.165, 1.54) is 11.1 Å². The topological polar surface area (TPSA) is 58.4 Å². The first-order valence-electron chi connectivity index (χ1n) is 6.41. The van der Waals surface area contributed by atoms with Crippen molar-refractivity contribution in [1.29, 1.82) is 0 Å². The minimum absolute atomic E-state index is 0.0823. The molecule has 1 unspecified atom stereocenters. The van der Waals surface area contributed by atoms with E-state index in [0.717, 1.165) is 18.7 Å².